The maximum Gasteiger partial charge on any atom is 0.0273 e. The van der Waals surface area contributed by atoms with E-state index in [0.29, 0.717) is 0 Å². The average Bonchev–Trinajstić information content (AvgIpc) is 2.82. The highest BCUT2D eigenvalue weighted by Crippen LogP contribution is 2.22. The van der Waals surface area contributed by atoms with Crippen LogP contribution in [0.5, 0.6) is 0 Å². The van der Waals surface area contributed by atoms with E-state index in [4.69, 9.17) is 0 Å². The van der Waals surface area contributed by atoms with Crippen molar-refractivity contribution in [3.05, 3.63) is 69.9 Å². The van der Waals surface area contributed by atoms with E-state index < -0.39 is 0 Å². The first-order chi connectivity index (χ1) is 8.83. The fourth-order valence-electron chi connectivity index (χ4n) is 2.11. The Kier molecular flexibility index (Phi) is 2.99. The van der Waals surface area contributed by atoms with Gasteiger partial charge in [0.1, 0.15) is 0 Å². The molecule has 0 amide bonds. The summed E-state index contributed by atoms with van der Waals surface area (Å²) in [6.07, 6.45) is 4.40. The number of thiophene rings is 1. The summed E-state index contributed by atoms with van der Waals surface area (Å²) in [5.41, 5.74) is 2.61. The molecule has 0 aliphatic carbocycles. The first kappa shape index (κ1) is 11.2. The second-order valence-electron chi connectivity index (χ2n) is 4.43. The minimum absolute atomic E-state index is 1.28. The lowest BCUT2D eigenvalue weighted by molar-refractivity contribution is 1.55. The zero-order valence-electron chi connectivity index (χ0n) is 10.3. The molecule has 0 saturated heterocycles. The van der Waals surface area contributed by atoms with Crippen molar-refractivity contribution in [2.75, 3.05) is 0 Å². The van der Waals surface area contributed by atoms with Crippen LogP contribution >= 0.6 is 11.3 Å². The largest absolute Gasteiger partial charge is 0.144 e. The van der Waals surface area contributed by atoms with Crippen LogP contribution in [0.3, 0.4) is 0 Å². The fourth-order valence-corrected chi connectivity index (χ4v) is 2.90. The number of hydrogen-bond acceptors (Lipinski definition) is 1. The molecule has 0 aliphatic rings. The third kappa shape index (κ3) is 2.22. The molecule has 0 bridgehead atoms. The van der Waals surface area contributed by atoms with E-state index in [0.717, 1.165) is 0 Å². The minimum atomic E-state index is 1.28. The fraction of sp³-hybridized carbons (Fsp3) is 0.0588. The predicted molar refractivity (Wildman–Crippen MR) is 81.9 cm³/mol. The number of hydrogen-bond donors (Lipinski definition) is 0. The van der Waals surface area contributed by atoms with Crippen LogP contribution in [0, 0.1) is 6.92 Å². The van der Waals surface area contributed by atoms with Gasteiger partial charge in [0.15, 0.2) is 0 Å². The van der Waals surface area contributed by atoms with Crippen LogP contribution in [0.1, 0.15) is 16.0 Å². The Morgan fingerprint density at radius 2 is 1.78 bits per heavy atom. The van der Waals surface area contributed by atoms with Gasteiger partial charge in [-0.2, -0.15) is 0 Å². The first-order valence-electron chi connectivity index (χ1n) is 6.04. The lowest BCUT2D eigenvalue weighted by atomic mass is 10.0. The zero-order chi connectivity index (χ0) is 12.4. The summed E-state index contributed by atoms with van der Waals surface area (Å²) < 4.78 is 0. The molecule has 88 valence electrons. The van der Waals surface area contributed by atoms with Gasteiger partial charge in [-0.25, -0.2) is 0 Å². The van der Waals surface area contributed by atoms with Gasteiger partial charge in [-0.05, 0) is 46.3 Å². The minimum Gasteiger partial charge on any atom is -0.144 e. The molecule has 3 rings (SSSR count). The van der Waals surface area contributed by atoms with Gasteiger partial charge in [0, 0.05) is 4.88 Å². The highest BCUT2D eigenvalue weighted by Gasteiger charge is 1.97. The Morgan fingerprint density at radius 1 is 0.944 bits per heavy atom. The molecule has 1 heteroatoms. The monoisotopic (exact) mass is 250 g/mol. The van der Waals surface area contributed by atoms with E-state index in [2.05, 4.69) is 73.0 Å². The number of aryl methyl sites for hydroxylation is 1. The molecule has 0 radical (unpaired) electrons. The van der Waals surface area contributed by atoms with Crippen LogP contribution in [0.2, 0.25) is 0 Å². The highest BCUT2D eigenvalue weighted by molar-refractivity contribution is 7.11. The van der Waals surface area contributed by atoms with Gasteiger partial charge in [-0.15, -0.1) is 11.3 Å². The predicted octanol–water partition coefficient (Wildman–Crippen LogP) is 5.38. The van der Waals surface area contributed by atoms with Gasteiger partial charge in [-0.1, -0.05) is 48.5 Å². The Morgan fingerprint density at radius 3 is 2.61 bits per heavy atom. The molecule has 18 heavy (non-hydrogen) atoms. The van der Waals surface area contributed by atoms with Crippen molar-refractivity contribution in [1.82, 2.24) is 0 Å². The Hall–Kier alpha value is -1.86. The average molecular weight is 250 g/mol. The molecule has 0 unspecified atom stereocenters. The van der Waals surface area contributed by atoms with Crippen LogP contribution in [0.15, 0.2) is 53.9 Å². The van der Waals surface area contributed by atoms with E-state index in [9.17, 15) is 0 Å². The van der Waals surface area contributed by atoms with Crippen molar-refractivity contribution in [3.63, 3.8) is 0 Å². The maximum atomic E-state index is 2.21. The smallest absolute Gasteiger partial charge is 0.0273 e. The Balaban J connectivity index is 2.02. The molecule has 3 aromatic rings. The van der Waals surface area contributed by atoms with Gasteiger partial charge in [0.25, 0.3) is 0 Å². The van der Waals surface area contributed by atoms with Crippen molar-refractivity contribution in [1.29, 1.82) is 0 Å². The lowest BCUT2D eigenvalue weighted by Crippen LogP contribution is -1.76. The van der Waals surface area contributed by atoms with Gasteiger partial charge in [-0.3, -0.25) is 0 Å². The molecule has 0 atom stereocenters. The molecule has 1 aromatic heterocycles. The highest BCUT2D eigenvalue weighted by atomic mass is 32.1. The number of fused-ring (bicyclic) bond motifs is 1. The first-order valence-corrected chi connectivity index (χ1v) is 6.92. The van der Waals surface area contributed by atoms with Crippen LogP contribution in [-0.4, -0.2) is 0 Å². The van der Waals surface area contributed by atoms with Crippen molar-refractivity contribution < 1.29 is 0 Å². The van der Waals surface area contributed by atoms with Gasteiger partial charge in [0.05, 0.1) is 0 Å². The van der Waals surface area contributed by atoms with Crippen LogP contribution in [-0.2, 0) is 0 Å². The number of benzene rings is 2. The molecule has 0 nitrogen and oxygen atoms in total. The lowest BCUT2D eigenvalue weighted by Gasteiger charge is -2.01. The summed E-state index contributed by atoms with van der Waals surface area (Å²) in [4.78, 5) is 1.31. The molecule has 0 saturated carbocycles. The van der Waals surface area contributed by atoms with Crippen molar-refractivity contribution in [2.45, 2.75) is 6.92 Å². The quantitative estimate of drug-likeness (QED) is 0.572. The zero-order valence-corrected chi connectivity index (χ0v) is 11.1. The molecular formula is C17H14S. The molecule has 0 aliphatic heterocycles. The third-order valence-corrected chi connectivity index (χ3v) is 4.02. The van der Waals surface area contributed by atoms with E-state index in [1.165, 1.54) is 26.8 Å². The summed E-state index contributed by atoms with van der Waals surface area (Å²) in [6.45, 7) is 2.13. The molecule has 1 heterocycles. The topological polar surface area (TPSA) is 0 Å². The van der Waals surface area contributed by atoms with Gasteiger partial charge in [0.2, 0.25) is 0 Å². The maximum absolute atomic E-state index is 2.21. The standard InChI is InChI=1S/C17H14S/c1-13-11-16(18-12-13)10-9-15-7-4-6-14-5-2-3-8-17(14)15/h2-12H,1H3/b10-9+. The summed E-state index contributed by atoms with van der Waals surface area (Å²) >= 11 is 1.79. The molecular weight excluding hydrogens is 236 g/mol. The van der Waals surface area contributed by atoms with Crippen molar-refractivity contribution in [3.8, 4) is 0 Å². The van der Waals surface area contributed by atoms with E-state index >= 15 is 0 Å². The molecule has 0 spiro atoms. The SMILES string of the molecule is Cc1csc(/C=C/c2cccc3ccccc23)c1. The van der Waals surface area contributed by atoms with E-state index in [1.807, 2.05) is 0 Å². The van der Waals surface area contributed by atoms with Gasteiger partial charge < -0.3 is 0 Å². The van der Waals surface area contributed by atoms with Crippen LogP contribution in [0.25, 0.3) is 22.9 Å². The molecule has 2 aromatic carbocycles. The summed E-state index contributed by atoms with van der Waals surface area (Å²) in [7, 11) is 0. The Labute approximate surface area is 111 Å². The second-order valence-corrected chi connectivity index (χ2v) is 5.37. The van der Waals surface area contributed by atoms with Crippen molar-refractivity contribution in [2.24, 2.45) is 0 Å². The van der Waals surface area contributed by atoms with Gasteiger partial charge >= 0.3 is 0 Å². The van der Waals surface area contributed by atoms with Crippen LogP contribution in [0.4, 0.5) is 0 Å². The third-order valence-electron chi connectivity index (χ3n) is 3.00. The molecule has 0 fully saturated rings. The summed E-state index contributed by atoms with van der Waals surface area (Å²) in [6, 6.07) is 17.2. The number of rotatable bonds is 2. The normalized spacial score (nSPS) is 11.4. The summed E-state index contributed by atoms with van der Waals surface area (Å²) in [5.74, 6) is 0. The van der Waals surface area contributed by atoms with Crippen LogP contribution < -0.4 is 0 Å². The summed E-state index contributed by atoms with van der Waals surface area (Å²) in [5, 5.41) is 4.79. The second kappa shape index (κ2) is 4.79. The van der Waals surface area contributed by atoms with E-state index in [1.54, 1.807) is 11.3 Å². The van der Waals surface area contributed by atoms with E-state index in [-0.39, 0.29) is 0 Å². The Bertz CT molecular complexity index is 699. The molecule has 0 N–H and O–H groups in total. The van der Waals surface area contributed by atoms with Crippen molar-refractivity contribution >= 4 is 34.3 Å².